The number of carboxylic acids is 1. The van der Waals surface area contributed by atoms with Gasteiger partial charge in [-0.3, -0.25) is 9.59 Å². The van der Waals surface area contributed by atoms with Crippen LogP contribution in [-0.2, 0) is 29.7 Å². The lowest BCUT2D eigenvalue weighted by molar-refractivity contribution is -0.206. The third-order valence-corrected chi connectivity index (χ3v) is 7.17. The van der Waals surface area contributed by atoms with Crippen LogP contribution in [0, 0.1) is 0 Å². The first-order valence-electron chi connectivity index (χ1n) is 15.3. The van der Waals surface area contributed by atoms with Gasteiger partial charge in [0.05, 0.1) is 19.4 Å². The zero-order chi connectivity index (χ0) is 29.5. The van der Waals surface area contributed by atoms with Gasteiger partial charge in [0, 0.05) is 25.3 Å². The van der Waals surface area contributed by atoms with Crippen LogP contribution in [0.25, 0.3) is 0 Å². The third kappa shape index (κ3) is 14.8. The summed E-state index contributed by atoms with van der Waals surface area (Å²) in [4.78, 5) is 25.7. The first-order chi connectivity index (χ1) is 19.4. The zero-order valence-corrected chi connectivity index (χ0v) is 25.3. The molecular weight excluding hydrogens is 508 g/mol. The number of ether oxygens (including phenoxy) is 3. The third-order valence-electron chi connectivity index (χ3n) is 7.17. The van der Waals surface area contributed by atoms with Crippen molar-refractivity contribution < 1.29 is 28.9 Å². The molecule has 8 nitrogen and oxygen atoms in total. The molecule has 0 spiro atoms. The highest BCUT2D eigenvalue weighted by Crippen LogP contribution is 2.35. The highest BCUT2D eigenvalue weighted by molar-refractivity contribution is 6.01. The monoisotopic (exact) mass is 562 g/mol. The van der Waals surface area contributed by atoms with Crippen molar-refractivity contribution in [2.75, 3.05) is 20.8 Å². The molecule has 1 aromatic rings. The minimum Gasteiger partial charge on any atom is -0.481 e. The summed E-state index contributed by atoms with van der Waals surface area (Å²) < 4.78 is 15.5. The van der Waals surface area contributed by atoms with Crippen LogP contribution in [0.3, 0.4) is 0 Å². The van der Waals surface area contributed by atoms with Gasteiger partial charge in [0.1, 0.15) is 5.84 Å². The van der Waals surface area contributed by atoms with E-state index in [4.69, 9.17) is 25.1 Å². The van der Waals surface area contributed by atoms with Crippen molar-refractivity contribution in [2.45, 2.75) is 128 Å². The van der Waals surface area contributed by atoms with E-state index in [1.54, 1.807) is 14.2 Å². The molecule has 1 aliphatic heterocycles. The number of nitrogens with zero attached hydrogens (tertiary/aromatic N) is 1. The molecule has 8 heteroatoms. The number of amidine groups is 1. The van der Waals surface area contributed by atoms with Gasteiger partial charge in [-0.05, 0) is 6.42 Å². The Morgan fingerprint density at radius 2 is 1.25 bits per heavy atom. The van der Waals surface area contributed by atoms with Crippen LogP contribution < -0.4 is 5.73 Å². The molecule has 0 aliphatic carbocycles. The molecule has 3 N–H and O–H groups in total. The molecule has 2 rings (SSSR count). The molecule has 40 heavy (non-hydrogen) atoms. The van der Waals surface area contributed by atoms with Crippen molar-refractivity contribution in [2.24, 2.45) is 10.7 Å². The summed E-state index contributed by atoms with van der Waals surface area (Å²) in [5.74, 6) is -1.96. The number of fused-ring (bicyclic) bond motifs is 1. The molecule has 1 aromatic carbocycles. The molecule has 0 bridgehead atoms. The first kappa shape index (κ1) is 35.6. The van der Waals surface area contributed by atoms with E-state index in [2.05, 4.69) is 11.9 Å². The van der Waals surface area contributed by atoms with E-state index < -0.39 is 17.8 Å². The quantitative estimate of drug-likeness (QED) is 0.0854. The number of carboxylic acid groups (broad SMARTS) is 1. The van der Waals surface area contributed by atoms with Crippen molar-refractivity contribution in [3.8, 4) is 0 Å². The highest BCUT2D eigenvalue weighted by atomic mass is 16.7. The second kappa shape index (κ2) is 22.3. The largest absolute Gasteiger partial charge is 0.481 e. The average molecular weight is 563 g/mol. The maximum absolute atomic E-state index is 11.2. The van der Waals surface area contributed by atoms with E-state index in [-0.39, 0.29) is 12.8 Å². The van der Waals surface area contributed by atoms with Crippen LogP contribution in [0.4, 0.5) is 0 Å². The Labute approximate surface area is 242 Å². The molecule has 0 aromatic heterocycles. The van der Waals surface area contributed by atoms with Crippen LogP contribution in [0.2, 0.25) is 0 Å². The van der Waals surface area contributed by atoms with Gasteiger partial charge in [0.25, 0.3) is 5.91 Å². The fourth-order valence-electron chi connectivity index (χ4n) is 4.77. The number of methoxy groups -OCH3 is 2. The van der Waals surface area contributed by atoms with Gasteiger partial charge >= 0.3 is 11.9 Å². The summed E-state index contributed by atoms with van der Waals surface area (Å²) in [6.07, 6.45) is 21.0. The lowest BCUT2D eigenvalue weighted by atomic mass is 10.0. The van der Waals surface area contributed by atoms with Crippen LogP contribution in [-0.4, -0.2) is 43.7 Å². The number of benzene rings is 1. The van der Waals surface area contributed by atoms with E-state index in [1.807, 2.05) is 24.3 Å². The molecule has 1 heterocycles. The van der Waals surface area contributed by atoms with Gasteiger partial charge in [0.15, 0.2) is 0 Å². The Morgan fingerprint density at radius 3 is 1.73 bits per heavy atom. The molecule has 1 aliphatic rings. The Morgan fingerprint density at radius 1 is 0.775 bits per heavy atom. The minimum atomic E-state index is -1.05. The van der Waals surface area contributed by atoms with Crippen LogP contribution in [0.5, 0.6) is 0 Å². The number of aliphatic carboxylic acids is 1. The molecule has 0 amide bonds. The number of nitrogens with two attached hydrogens (primary N) is 1. The first-order valence-corrected chi connectivity index (χ1v) is 15.3. The summed E-state index contributed by atoms with van der Waals surface area (Å²) >= 11 is 0. The maximum atomic E-state index is 11.2. The fourth-order valence-corrected chi connectivity index (χ4v) is 4.77. The second-order valence-electron chi connectivity index (χ2n) is 10.5. The van der Waals surface area contributed by atoms with E-state index in [0.29, 0.717) is 12.4 Å². The Bertz CT molecular complexity index is 854. The summed E-state index contributed by atoms with van der Waals surface area (Å²) in [7, 11) is 3.09. The van der Waals surface area contributed by atoms with Gasteiger partial charge in [-0.25, -0.2) is 4.99 Å². The predicted octanol–water partition coefficient (Wildman–Crippen LogP) is 7.46. The normalized spacial score (nSPS) is 13.2. The smallest absolute Gasteiger partial charge is 0.306 e. The van der Waals surface area contributed by atoms with E-state index in [9.17, 15) is 9.59 Å². The second-order valence-corrected chi connectivity index (χ2v) is 10.5. The van der Waals surface area contributed by atoms with Crippen LogP contribution >= 0.6 is 0 Å². The summed E-state index contributed by atoms with van der Waals surface area (Å²) in [5.41, 5.74) is 7.48. The van der Waals surface area contributed by atoms with E-state index in [1.165, 1.54) is 89.9 Å². The van der Waals surface area contributed by atoms with Crippen molar-refractivity contribution in [3.05, 3.63) is 35.4 Å². The van der Waals surface area contributed by atoms with E-state index in [0.717, 1.165) is 24.0 Å². The molecule has 0 fully saturated rings. The average Bonchev–Trinajstić information content (AvgIpc) is 3.26. The van der Waals surface area contributed by atoms with Gasteiger partial charge in [-0.15, -0.1) is 0 Å². The van der Waals surface area contributed by atoms with Crippen molar-refractivity contribution in [1.82, 2.24) is 0 Å². The molecule has 0 saturated heterocycles. The number of carbonyl (C=O) groups is 2. The molecule has 228 valence electrons. The Balaban J connectivity index is 0.000000473. The molecule has 0 unspecified atom stereocenters. The molecule has 0 atom stereocenters. The van der Waals surface area contributed by atoms with Crippen molar-refractivity contribution >= 4 is 17.8 Å². The van der Waals surface area contributed by atoms with Gasteiger partial charge in [-0.2, -0.15) is 0 Å². The van der Waals surface area contributed by atoms with Gasteiger partial charge in [0.2, 0.25) is 0 Å². The summed E-state index contributed by atoms with van der Waals surface area (Å²) in [6.45, 7) is 2.70. The van der Waals surface area contributed by atoms with Crippen molar-refractivity contribution in [3.63, 3.8) is 0 Å². The Hall–Kier alpha value is -2.45. The Kier molecular flexibility index (Phi) is 19.8. The van der Waals surface area contributed by atoms with Crippen LogP contribution in [0.1, 0.15) is 134 Å². The zero-order valence-electron chi connectivity index (χ0n) is 25.3. The predicted molar refractivity (Wildman–Crippen MR) is 160 cm³/mol. The lowest BCUT2D eigenvalue weighted by Gasteiger charge is -2.23. The standard InChI is InChI=1S/C22H42O4.C10H12N2O2/c1-2-3-4-5-6-7-8-9-10-11-12-13-14-15-16-17-20-26-22(25)19-18-21(23)24;1-13-10(14-2)8-6-4-3-5-7(8)9(11)12-10/h2-20H2,1H3,(H,23,24);3-6H,1-2H3,(H2,11,12). The molecule has 0 saturated carbocycles. The SMILES string of the molecule is CCCCCCCCCCCCCCCCCCOC(=O)CCC(=O)O.COC1(OC)N=C(N)c2ccccc21. The number of hydrogen-bond acceptors (Lipinski definition) is 7. The summed E-state index contributed by atoms with van der Waals surface area (Å²) in [6, 6.07) is 7.60. The van der Waals surface area contributed by atoms with Gasteiger partial charge in [-0.1, -0.05) is 128 Å². The van der Waals surface area contributed by atoms with Crippen LogP contribution in [0.15, 0.2) is 29.3 Å². The number of esters is 1. The topological polar surface area (TPSA) is 120 Å². The lowest BCUT2D eigenvalue weighted by Crippen LogP contribution is -2.26. The number of carbonyl (C=O) groups excluding carboxylic acids is 1. The van der Waals surface area contributed by atoms with Gasteiger partial charge < -0.3 is 25.1 Å². The number of rotatable bonds is 22. The number of aliphatic imine (C=N–C) groups is 1. The highest BCUT2D eigenvalue weighted by Gasteiger charge is 2.39. The van der Waals surface area contributed by atoms with Crippen molar-refractivity contribution in [1.29, 1.82) is 0 Å². The fraction of sp³-hybridized carbons (Fsp3) is 0.719. The number of unbranched alkanes of at least 4 members (excludes halogenated alkanes) is 15. The molecular formula is C32H54N2O6. The number of hydrogen-bond donors (Lipinski definition) is 2. The maximum Gasteiger partial charge on any atom is 0.306 e. The molecule has 0 radical (unpaired) electrons. The summed E-state index contributed by atoms with van der Waals surface area (Å²) in [5, 5.41) is 8.47. The van der Waals surface area contributed by atoms with E-state index >= 15 is 0 Å². The minimum absolute atomic E-state index is 0.0197.